The lowest BCUT2D eigenvalue weighted by Crippen LogP contribution is -2.33. The minimum absolute atomic E-state index is 0.0588. The van der Waals surface area contributed by atoms with Gasteiger partial charge in [-0.2, -0.15) is 0 Å². The Morgan fingerprint density at radius 2 is 1.74 bits per heavy atom. The van der Waals surface area contributed by atoms with Crippen LogP contribution in [0.3, 0.4) is 0 Å². The summed E-state index contributed by atoms with van der Waals surface area (Å²) in [6.07, 6.45) is 4.39. The molecule has 1 aliphatic rings. The Kier molecular flexibility index (Phi) is 4.87. The Balaban J connectivity index is 1.35. The molecule has 1 unspecified atom stereocenters. The monoisotopic (exact) mass is 361 g/mol. The summed E-state index contributed by atoms with van der Waals surface area (Å²) in [5.74, 6) is 0.555. The van der Waals surface area contributed by atoms with Crippen molar-refractivity contribution < 1.29 is 4.79 Å². The van der Waals surface area contributed by atoms with E-state index in [4.69, 9.17) is 0 Å². The van der Waals surface area contributed by atoms with E-state index < -0.39 is 0 Å². The molecule has 0 bridgehead atoms. The summed E-state index contributed by atoms with van der Waals surface area (Å²) in [6, 6.07) is 18.0. The zero-order valence-corrected chi connectivity index (χ0v) is 15.4. The number of aromatic nitrogens is 3. The minimum Gasteiger partial charge on any atom is -0.371 e. The number of carbonyl (C=O) groups excluding carboxylic acids is 1. The van der Waals surface area contributed by atoms with Crippen molar-refractivity contribution in [3.8, 4) is 5.69 Å². The van der Waals surface area contributed by atoms with E-state index in [1.807, 2.05) is 46.8 Å². The fourth-order valence-corrected chi connectivity index (χ4v) is 3.66. The first-order valence-electron chi connectivity index (χ1n) is 9.21. The lowest BCUT2D eigenvalue weighted by atomic mass is 10.1. The van der Waals surface area contributed by atoms with E-state index in [9.17, 15) is 4.79 Å². The predicted molar refractivity (Wildman–Crippen MR) is 105 cm³/mol. The lowest BCUT2D eigenvalue weighted by molar-refractivity contribution is 0.0776. The second-order valence-electron chi connectivity index (χ2n) is 7.04. The number of carbonyl (C=O) groups is 1. The van der Waals surface area contributed by atoms with Gasteiger partial charge in [-0.25, -0.2) is 0 Å². The Morgan fingerprint density at radius 1 is 1.04 bits per heavy atom. The van der Waals surface area contributed by atoms with Crippen molar-refractivity contribution in [2.24, 2.45) is 5.92 Å². The van der Waals surface area contributed by atoms with Crippen molar-refractivity contribution >= 4 is 11.6 Å². The number of para-hydroxylation sites is 1. The standard InChI is InChI=1S/C21H23N5O/c1-24(13-17-11-12-25(14-17)19-5-3-2-4-6-19)21(27)18-7-9-20(10-8-18)26-15-22-23-16-26/h2-10,15-17H,11-14H2,1H3. The quantitative estimate of drug-likeness (QED) is 0.701. The topological polar surface area (TPSA) is 54.3 Å². The van der Waals surface area contributed by atoms with Gasteiger partial charge in [0.05, 0.1) is 0 Å². The lowest BCUT2D eigenvalue weighted by Gasteiger charge is -2.23. The van der Waals surface area contributed by atoms with Crippen LogP contribution in [0.2, 0.25) is 0 Å². The Bertz CT molecular complexity index is 877. The van der Waals surface area contributed by atoms with Gasteiger partial charge in [-0.1, -0.05) is 18.2 Å². The normalized spacial score (nSPS) is 16.5. The molecule has 4 rings (SSSR count). The molecule has 1 aliphatic heterocycles. The van der Waals surface area contributed by atoms with Gasteiger partial charge in [0.25, 0.3) is 5.91 Å². The van der Waals surface area contributed by atoms with E-state index in [2.05, 4.69) is 39.4 Å². The van der Waals surface area contributed by atoms with Gasteiger partial charge in [-0.15, -0.1) is 10.2 Å². The van der Waals surface area contributed by atoms with Crippen LogP contribution in [0.5, 0.6) is 0 Å². The van der Waals surface area contributed by atoms with Crippen molar-refractivity contribution in [3.05, 3.63) is 72.8 Å². The van der Waals surface area contributed by atoms with Crippen LogP contribution < -0.4 is 4.90 Å². The van der Waals surface area contributed by atoms with E-state index in [1.165, 1.54) is 5.69 Å². The molecule has 0 radical (unpaired) electrons. The van der Waals surface area contributed by atoms with Crippen molar-refractivity contribution in [1.29, 1.82) is 0 Å². The number of benzene rings is 2. The van der Waals surface area contributed by atoms with Crippen LogP contribution in [0, 0.1) is 5.92 Å². The molecule has 1 amide bonds. The molecule has 1 aromatic heterocycles. The molecule has 6 heteroatoms. The highest BCUT2D eigenvalue weighted by Gasteiger charge is 2.25. The van der Waals surface area contributed by atoms with Crippen LogP contribution in [0.1, 0.15) is 16.8 Å². The van der Waals surface area contributed by atoms with Crippen LogP contribution in [0.25, 0.3) is 5.69 Å². The first-order valence-corrected chi connectivity index (χ1v) is 9.21. The largest absolute Gasteiger partial charge is 0.371 e. The van der Waals surface area contributed by atoms with Gasteiger partial charge in [0.2, 0.25) is 0 Å². The van der Waals surface area contributed by atoms with Gasteiger partial charge in [0, 0.05) is 43.6 Å². The zero-order chi connectivity index (χ0) is 18.6. The number of hydrogen-bond donors (Lipinski definition) is 0. The maximum atomic E-state index is 12.8. The molecule has 0 aliphatic carbocycles. The Labute approximate surface area is 159 Å². The number of rotatable bonds is 5. The molecule has 3 aromatic rings. The fourth-order valence-electron chi connectivity index (χ4n) is 3.66. The molecule has 0 saturated carbocycles. The minimum atomic E-state index is 0.0588. The first-order chi connectivity index (χ1) is 13.2. The molecule has 2 heterocycles. The molecule has 1 fully saturated rings. The number of amides is 1. The highest BCUT2D eigenvalue weighted by molar-refractivity contribution is 5.94. The van der Waals surface area contributed by atoms with Gasteiger partial charge < -0.3 is 9.80 Å². The van der Waals surface area contributed by atoms with Gasteiger partial charge in [-0.3, -0.25) is 9.36 Å². The maximum Gasteiger partial charge on any atom is 0.253 e. The SMILES string of the molecule is CN(CC1CCN(c2ccccc2)C1)C(=O)c1ccc(-n2cnnc2)cc1. The highest BCUT2D eigenvalue weighted by Crippen LogP contribution is 2.24. The highest BCUT2D eigenvalue weighted by atomic mass is 16.2. The summed E-state index contributed by atoms with van der Waals surface area (Å²) >= 11 is 0. The second-order valence-corrected chi connectivity index (χ2v) is 7.04. The smallest absolute Gasteiger partial charge is 0.253 e. The van der Waals surface area contributed by atoms with Crippen molar-refractivity contribution in [2.75, 3.05) is 31.6 Å². The summed E-state index contributed by atoms with van der Waals surface area (Å²) in [6.45, 7) is 2.81. The van der Waals surface area contributed by atoms with E-state index >= 15 is 0 Å². The van der Waals surface area contributed by atoms with E-state index in [1.54, 1.807) is 12.7 Å². The van der Waals surface area contributed by atoms with Gasteiger partial charge in [0.15, 0.2) is 0 Å². The van der Waals surface area contributed by atoms with Crippen molar-refractivity contribution in [3.63, 3.8) is 0 Å². The summed E-state index contributed by atoms with van der Waals surface area (Å²) in [4.78, 5) is 17.0. The summed E-state index contributed by atoms with van der Waals surface area (Å²) in [5.41, 5.74) is 2.90. The van der Waals surface area contributed by atoms with Crippen molar-refractivity contribution in [2.45, 2.75) is 6.42 Å². The van der Waals surface area contributed by atoms with E-state index in [0.717, 1.165) is 31.7 Å². The number of hydrogen-bond acceptors (Lipinski definition) is 4. The van der Waals surface area contributed by atoms with Gasteiger partial charge >= 0.3 is 0 Å². The first kappa shape index (κ1) is 17.3. The fraction of sp³-hybridized carbons (Fsp3) is 0.286. The third-order valence-corrected chi connectivity index (χ3v) is 5.12. The third kappa shape index (κ3) is 3.84. The summed E-state index contributed by atoms with van der Waals surface area (Å²) in [7, 11) is 1.89. The molecule has 0 N–H and O–H groups in total. The van der Waals surface area contributed by atoms with Crippen LogP contribution >= 0.6 is 0 Å². The Morgan fingerprint density at radius 3 is 2.44 bits per heavy atom. The van der Waals surface area contributed by atoms with E-state index in [0.29, 0.717) is 11.5 Å². The average molecular weight is 361 g/mol. The summed E-state index contributed by atoms with van der Waals surface area (Å²) in [5, 5.41) is 7.61. The Hall–Kier alpha value is -3.15. The van der Waals surface area contributed by atoms with Gasteiger partial charge in [0.1, 0.15) is 12.7 Å². The molecular weight excluding hydrogens is 338 g/mol. The summed E-state index contributed by atoms with van der Waals surface area (Å²) < 4.78 is 1.81. The van der Waals surface area contributed by atoms with Crippen LogP contribution in [0.15, 0.2) is 67.3 Å². The van der Waals surface area contributed by atoms with Gasteiger partial charge in [-0.05, 0) is 48.7 Å². The molecule has 2 aromatic carbocycles. The second kappa shape index (κ2) is 7.61. The molecular formula is C21H23N5O. The van der Waals surface area contributed by atoms with Crippen molar-refractivity contribution in [1.82, 2.24) is 19.7 Å². The number of anilines is 1. The molecule has 27 heavy (non-hydrogen) atoms. The van der Waals surface area contributed by atoms with Crippen LogP contribution in [-0.4, -0.2) is 52.3 Å². The molecule has 0 spiro atoms. The molecule has 6 nitrogen and oxygen atoms in total. The third-order valence-electron chi connectivity index (χ3n) is 5.12. The maximum absolute atomic E-state index is 12.8. The molecule has 1 atom stereocenters. The van der Waals surface area contributed by atoms with Crippen LogP contribution in [-0.2, 0) is 0 Å². The predicted octanol–water partition coefficient (Wildman–Crippen LogP) is 2.87. The zero-order valence-electron chi connectivity index (χ0n) is 15.4. The molecule has 138 valence electrons. The number of nitrogens with zero attached hydrogens (tertiary/aromatic N) is 5. The average Bonchev–Trinajstić information content (AvgIpc) is 3.40. The van der Waals surface area contributed by atoms with Crippen LogP contribution in [0.4, 0.5) is 5.69 Å². The molecule has 1 saturated heterocycles. The van der Waals surface area contributed by atoms with E-state index in [-0.39, 0.29) is 5.91 Å².